The lowest BCUT2D eigenvalue weighted by Gasteiger charge is -2.13. The van der Waals surface area contributed by atoms with Crippen LogP contribution in [0.2, 0.25) is 0 Å². The van der Waals surface area contributed by atoms with Crippen LogP contribution in [0, 0.1) is 0 Å². The van der Waals surface area contributed by atoms with Gasteiger partial charge < -0.3 is 10.1 Å². The summed E-state index contributed by atoms with van der Waals surface area (Å²) in [5.74, 6) is 0.212. The van der Waals surface area contributed by atoms with Gasteiger partial charge in [-0.25, -0.2) is 9.78 Å². The molecule has 0 fully saturated rings. The second kappa shape index (κ2) is 9.74. The van der Waals surface area contributed by atoms with Crippen molar-refractivity contribution in [3.8, 4) is 11.4 Å². The van der Waals surface area contributed by atoms with Gasteiger partial charge in [0.1, 0.15) is 10.6 Å². The molecule has 0 radical (unpaired) electrons. The molecule has 0 saturated carbocycles. The van der Waals surface area contributed by atoms with Crippen molar-refractivity contribution in [3.05, 3.63) is 45.1 Å². The van der Waals surface area contributed by atoms with E-state index in [-0.39, 0.29) is 11.3 Å². The highest BCUT2D eigenvalue weighted by atomic mass is 32.2. The Morgan fingerprint density at radius 1 is 1.22 bits per heavy atom. The normalized spacial score (nSPS) is 12.6. The SMILES string of the molecule is CCNC(=O)NC(=O)CSc1nc2sc3c(c2c(=O)n1-c1ccc(OCC)cc1)CCC3. The molecule has 2 N–H and O–H groups in total. The number of aromatic nitrogens is 2. The zero-order valence-electron chi connectivity index (χ0n) is 17.9. The van der Waals surface area contributed by atoms with E-state index in [0.717, 1.165) is 36.6 Å². The summed E-state index contributed by atoms with van der Waals surface area (Å²) in [6, 6.07) is 6.70. The molecule has 3 amide bonds. The van der Waals surface area contributed by atoms with Crippen molar-refractivity contribution in [1.29, 1.82) is 0 Å². The molecule has 168 valence electrons. The van der Waals surface area contributed by atoms with E-state index in [1.165, 1.54) is 4.88 Å². The number of thioether (sulfide) groups is 1. The van der Waals surface area contributed by atoms with Gasteiger partial charge in [-0.3, -0.25) is 19.5 Å². The molecule has 0 bridgehead atoms. The van der Waals surface area contributed by atoms with Crippen LogP contribution in [0.15, 0.2) is 34.2 Å². The third kappa shape index (κ3) is 4.51. The lowest BCUT2D eigenvalue weighted by Crippen LogP contribution is -2.40. The zero-order valence-corrected chi connectivity index (χ0v) is 19.5. The van der Waals surface area contributed by atoms with E-state index in [1.807, 2.05) is 31.2 Å². The third-order valence-corrected chi connectivity index (χ3v) is 7.16. The van der Waals surface area contributed by atoms with Crippen molar-refractivity contribution < 1.29 is 14.3 Å². The molecule has 10 heteroatoms. The number of urea groups is 1. The van der Waals surface area contributed by atoms with E-state index < -0.39 is 11.9 Å². The number of ether oxygens (including phenoxy) is 1. The lowest BCUT2D eigenvalue weighted by atomic mass is 10.2. The van der Waals surface area contributed by atoms with Crippen LogP contribution in [0.3, 0.4) is 0 Å². The van der Waals surface area contributed by atoms with Gasteiger partial charge in [-0.2, -0.15) is 0 Å². The summed E-state index contributed by atoms with van der Waals surface area (Å²) in [5, 5.41) is 5.89. The number of amides is 3. The van der Waals surface area contributed by atoms with Crippen LogP contribution >= 0.6 is 23.1 Å². The number of hydrogen-bond acceptors (Lipinski definition) is 7. The van der Waals surface area contributed by atoms with Crippen molar-refractivity contribution in [2.75, 3.05) is 18.9 Å². The highest BCUT2D eigenvalue weighted by Crippen LogP contribution is 2.36. The molecule has 0 saturated heterocycles. The summed E-state index contributed by atoms with van der Waals surface area (Å²) >= 11 is 2.69. The largest absolute Gasteiger partial charge is 0.494 e. The highest BCUT2D eigenvalue weighted by molar-refractivity contribution is 7.99. The Labute approximate surface area is 193 Å². The molecule has 1 aliphatic carbocycles. The first kappa shape index (κ1) is 22.3. The zero-order chi connectivity index (χ0) is 22.7. The predicted molar refractivity (Wildman–Crippen MR) is 126 cm³/mol. The second-order valence-corrected chi connectivity index (χ2v) is 9.22. The fourth-order valence-corrected chi connectivity index (χ4v) is 5.82. The van der Waals surface area contributed by atoms with Gasteiger partial charge in [0.15, 0.2) is 5.16 Å². The molecule has 2 aromatic heterocycles. The van der Waals surface area contributed by atoms with Crippen LogP contribution in [0.25, 0.3) is 15.9 Å². The smallest absolute Gasteiger partial charge is 0.321 e. The Kier molecular flexibility index (Phi) is 6.80. The minimum Gasteiger partial charge on any atom is -0.494 e. The maximum absolute atomic E-state index is 13.6. The van der Waals surface area contributed by atoms with Gasteiger partial charge in [-0.1, -0.05) is 11.8 Å². The first-order valence-electron chi connectivity index (χ1n) is 10.5. The van der Waals surface area contributed by atoms with Gasteiger partial charge in [0.25, 0.3) is 5.56 Å². The predicted octanol–water partition coefficient (Wildman–Crippen LogP) is 3.27. The molecule has 0 unspecified atom stereocenters. The molecule has 8 nitrogen and oxygen atoms in total. The molecule has 0 spiro atoms. The van der Waals surface area contributed by atoms with Crippen LogP contribution in [0.5, 0.6) is 5.75 Å². The number of fused-ring (bicyclic) bond motifs is 3. The third-order valence-electron chi connectivity index (χ3n) is 5.04. The van der Waals surface area contributed by atoms with Gasteiger partial charge in [0, 0.05) is 11.4 Å². The van der Waals surface area contributed by atoms with Gasteiger partial charge in [0.2, 0.25) is 5.91 Å². The summed E-state index contributed by atoms with van der Waals surface area (Å²) in [6.45, 7) is 4.65. The van der Waals surface area contributed by atoms with Crippen LogP contribution < -0.4 is 20.9 Å². The van der Waals surface area contributed by atoms with Gasteiger partial charge >= 0.3 is 6.03 Å². The van der Waals surface area contributed by atoms with Crippen molar-refractivity contribution in [2.45, 2.75) is 38.3 Å². The van der Waals surface area contributed by atoms with Crippen LogP contribution in [-0.2, 0) is 17.6 Å². The number of aryl methyl sites for hydroxylation is 2. The Bertz CT molecular complexity index is 1220. The van der Waals surface area contributed by atoms with Gasteiger partial charge in [-0.15, -0.1) is 11.3 Å². The molecular formula is C22H24N4O4S2. The van der Waals surface area contributed by atoms with Crippen LogP contribution in [0.1, 0.15) is 30.7 Å². The minimum absolute atomic E-state index is 0.0444. The minimum atomic E-state index is -0.542. The van der Waals surface area contributed by atoms with E-state index in [1.54, 1.807) is 22.8 Å². The topological polar surface area (TPSA) is 102 Å². The van der Waals surface area contributed by atoms with E-state index in [0.29, 0.717) is 40.0 Å². The van der Waals surface area contributed by atoms with Crippen LogP contribution in [0.4, 0.5) is 4.79 Å². The average Bonchev–Trinajstić information content (AvgIpc) is 3.34. The van der Waals surface area contributed by atoms with Crippen molar-refractivity contribution in [2.24, 2.45) is 0 Å². The summed E-state index contributed by atoms with van der Waals surface area (Å²) in [6.07, 6.45) is 2.91. The lowest BCUT2D eigenvalue weighted by molar-refractivity contribution is -0.117. The van der Waals surface area contributed by atoms with Crippen molar-refractivity contribution in [3.63, 3.8) is 0 Å². The number of benzene rings is 1. The van der Waals surface area contributed by atoms with Crippen LogP contribution in [-0.4, -0.2) is 40.4 Å². The Morgan fingerprint density at radius 3 is 2.72 bits per heavy atom. The molecule has 3 aromatic rings. The molecule has 0 aliphatic heterocycles. The fourth-order valence-electron chi connectivity index (χ4n) is 3.70. The number of imide groups is 1. The van der Waals surface area contributed by atoms with Crippen molar-refractivity contribution in [1.82, 2.24) is 20.2 Å². The fraction of sp³-hybridized carbons (Fsp3) is 0.364. The van der Waals surface area contributed by atoms with E-state index >= 15 is 0 Å². The van der Waals surface area contributed by atoms with Gasteiger partial charge in [0.05, 0.1) is 23.4 Å². The molecule has 0 atom stereocenters. The molecule has 4 rings (SSSR count). The number of hydrogen-bond donors (Lipinski definition) is 2. The maximum atomic E-state index is 13.6. The van der Waals surface area contributed by atoms with Crippen molar-refractivity contribution >= 4 is 45.3 Å². The number of nitrogens with zero attached hydrogens (tertiary/aromatic N) is 2. The molecule has 1 aromatic carbocycles. The molecule has 1 aliphatic rings. The van der Waals surface area contributed by atoms with E-state index in [9.17, 15) is 14.4 Å². The Balaban J connectivity index is 1.72. The first-order chi connectivity index (χ1) is 15.5. The highest BCUT2D eigenvalue weighted by Gasteiger charge is 2.24. The maximum Gasteiger partial charge on any atom is 0.321 e. The summed E-state index contributed by atoms with van der Waals surface area (Å²) in [5.41, 5.74) is 1.62. The number of thiophene rings is 1. The number of nitrogens with one attached hydrogen (secondary N) is 2. The first-order valence-corrected chi connectivity index (χ1v) is 12.3. The number of carbonyl (C=O) groups is 2. The number of carbonyl (C=O) groups excluding carboxylic acids is 2. The Hall–Kier alpha value is -2.85. The van der Waals surface area contributed by atoms with E-state index in [4.69, 9.17) is 9.72 Å². The number of rotatable bonds is 7. The Morgan fingerprint density at radius 2 is 2.00 bits per heavy atom. The summed E-state index contributed by atoms with van der Waals surface area (Å²) < 4.78 is 7.06. The summed E-state index contributed by atoms with van der Waals surface area (Å²) in [7, 11) is 0. The molecule has 2 heterocycles. The quantitative estimate of drug-likeness (QED) is 0.404. The molecule has 32 heavy (non-hydrogen) atoms. The summed E-state index contributed by atoms with van der Waals surface area (Å²) in [4.78, 5) is 44.1. The second-order valence-electron chi connectivity index (χ2n) is 7.20. The van der Waals surface area contributed by atoms with E-state index in [2.05, 4.69) is 10.6 Å². The molecular weight excluding hydrogens is 448 g/mol. The standard InChI is InChI=1S/C22H24N4O4S2/c1-3-23-21(29)24-17(27)12-31-22-25-19-18(15-6-5-7-16(15)32-19)20(28)26(22)13-8-10-14(11-9-13)30-4-2/h8-11H,3-7,12H2,1-2H3,(H2,23,24,27,29). The average molecular weight is 473 g/mol. The van der Waals surface area contributed by atoms with Gasteiger partial charge in [-0.05, 0) is 62.9 Å². The monoisotopic (exact) mass is 472 g/mol.